The summed E-state index contributed by atoms with van der Waals surface area (Å²) in [6.45, 7) is 6.14. The molecule has 2 N–H and O–H groups in total. The molecule has 278 valence electrons. The van der Waals surface area contributed by atoms with Crippen molar-refractivity contribution in [1.29, 1.82) is 0 Å². The Kier molecular flexibility index (Phi) is 16.5. The van der Waals surface area contributed by atoms with Crippen LogP contribution in [0.25, 0.3) is 0 Å². The fourth-order valence-corrected chi connectivity index (χ4v) is 4.66. The smallest absolute Gasteiger partial charge is 0.348 e. The summed E-state index contributed by atoms with van der Waals surface area (Å²) in [7, 11) is 0. The minimum atomic E-state index is -0.809. The Morgan fingerprint density at radius 1 is 0.434 bits per heavy atom. The van der Waals surface area contributed by atoms with Crippen molar-refractivity contribution in [3.8, 4) is 0 Å². The first kappa shape index (κ1) is 40.7. The number of hydrogen-bond acceptors (Lipinski definition) is 14. The predicted octanol–water partition coefficient (Wildman–Crippen LogP) is 11.4. The van der Waals surface area contributed by atoms with Gasteiger partial charge in [-0.1, -0.05) is 46.0 Å². The van der Waals surface area contributed by atoms with Gasteiger partial charge in [0.25, 0.3) is 0 Å². The van der Waals surface area contributed by atoms with Crippen molar-refractivity contribution < 1.29 is 19.7 Å². The summed E-state index contributed by atoms with van der Waals surface area (Å²) in [4.78, 5) is 40.3. The van der Waals surface area contributed by atoms with Gasteiger partial charge >= 0.3 is 22.7 Å². The Labute approximate surface area is 304 Å². The average Bonchev–Trinajstić information content (AvgIpc) is 3.15. The standard InChI is InChI=1S/C18H21N5O4.C17H19N5O4/c1-2-3-4-5-12-19-14-6-8-15(9-7-14)20-21-16-10-11-17(22(24)25)18(13-16)23(26)27;1-2-3-4-11-18-13-5-7-14(8-6-13)19-20-15-9-10-16(21(23)24)17(12-15)22(25)26/h6-11,13,19H,2-5,12H2,1H3;5-10,12,18H,2-4,11H2,1H3/b21-20+;20-19+. The van der Waals surface area contributed by atoms with Gasteiger partial charge in [-0.2, -0.15) is 20.5 Å². The summed E-state index contributed by atoms with van der Waals surface area (Å²) in [5.74, 6) is 0. The molecule has 0 saturated carbocycles. The van der Waals surface area contributed by atoms with E-state index in [0.717, 1.165) is 61.6 Å². The van der Waals surface area contributed by atoms with E-state index >= 15 is 0 Å². The van der Waals surface area contributed by atoms with E-state index in [-0.39, 0.29) is 11.4 Å². The lowest BCUT2D eigenvalue weighted by Crippen LogP contribution is -2.00. The van der Waals surface area contributed by atoms with Crippen LogP contribution in [0.5, 0.6) is 0 Å². The van der Waals surface area contributed by atoms with Crippen LogP contribution in [0.15, 0.2) is 105 Å². The van der Waals surface area contributed by atoms with Crippen molar-refractivity contribution in [2.24, 2.45) is 20.5 Å². The molecule has 0 atom stereocenters. The lowest BCUT2D eigenvalue weighted by atomic mass is 10.2. The third-order valence-electron chi connectivity index (χ3n) is 7.47. The Bertz CT molecular complexity index is 1900. The topological polar surface area (TPSA) is 246 Å². The molecule has 0 radical (unpaired) electrons. The van der Waals surface area contributed by atoms with Gasteiger partial charge in [-0.05, 0) is 73.5 Å². The highest BCUT2D eigenvalue weighted by Crippen LogP contribution is 2.33. The fourth-order valence-electron chi connectivity index (χ4n) is 4.66. The third-order valence-corrected chi connectivity index (χ3v) is 7.47. The first-order chi connectivity index (χ1) is 25.5. The molecule has 0 bridgehead atoms. The van der Waals surface area contributed by atoms with Crippen molar-refractivity contribution in [3.05, 3.63) is 125 Å². The quantitative estimate of drug-likeness (QED) is 0.0400. The first-order valence-electron chi connectivity index (χ1n) is 16.9. The molecule has 4 rings (SSSR count). The van der Waals surface area contributed by atoms with Crippen LogP contribution in [0.2, 0.25) is 0 Å². The summed E-state index contributed by atoms with van der Waals surface area (Å²) < 4.78 is 0. The second-order valence-corrected chi connectivity index (χ2v) is 11.5. The molecule has 0 spiro atoms. The van der Waals surface area contributed by atoms with E-state index in [1.54, 1.807) is 24.3 Å². The van der Waals surface area contributed by atoms with E-state index in [1.165, 1.54) is 44.2 Å². The van der Waals surface area contributed by atoms with Crippen molar-refractivity contribution in [3.63, 3.8) is 0 Å². The Hall–Kier alpha value is -6.72. The van der Waals surface area contributed by atoms with Crippen LogP contribution in [-0.2, 0) is 0 Å². The number of unbranched alkanes of at least 4 members (excludes halogenated alkanes) is 5. The lowest BCUT2D eigenvalue weighted by molar-refractivity contribution is -0.422. The molecule has 18 heteroatoms. The molecule has 53 heavy (non-hydrogen) atoms. The normalized spacial score (nSPS) is 10.8. The second-order valence-electron chi connectivity index (χ2n) is 11.5. The molecule has 0 amide bonds. The number of nitro benzene ring substituents is 4. The zero-order valence-electron chi connectivity index (χ0n) is 29.3. The maximum absolute atomic E-state index is 11.0. The van der Waals surface area contributed by atoms with E-state index in [4.69, 9.17) is 0 Å². The molecule has 0 aliphatic rings. The molecule has 0 heterocycles. The zero-order chi connectivity index (χ0) is 38.6. The highest BCUT2D eigenvalue weighted by molar-refractivity contribution is 5.61. The van der Waals surface area contributed by atoms with Gasteiger partial charge < -0.3 is 10.6 Å². The number of benzene rings is 4. The maximum atomic E-state index is 11.0. The van der Waals surface area contributed by atoms with Crippen LogP contribution in [-0.4, -0.2) is 32.8 Å². The number of hydrogen-bond donors (Lipinski definition) is 2. The van der Waals surface area contributed by atoms with Crippen LogP contribution in [0.3, 0.4) is 0 Å². The largest absolute Gasteiger partial charge is 0.385 e. The number of azo groups is 2. The predicted molar refractivity (Wildman–Crippen MR) is 201 cm³/mol. The number of nitrogens with one attached hydrogen (secondary N) is 2. The molecule has 0 aliphatic carbocycles. The van der Waals surface area contributed by atoms with E-state index < -0.39 is 42.4 Å². The molecule has 4 aromatic rings. The van der Waals surface area contributed by atoms with Gasteiger partial charge in [-0.3, -0.25) is 40.5 Å². The number of anilines is 2. The minimum Gasteiger partial charge on any atom is -0.385 e. The minimum absolute atomic E-state index is 0.170. The van der Waals surface area contributed by atoms with Crippen molar-refractivity contribution >= 4 is 56.9 Å². The highest BCUT2D eigenvalue weighted by atomic mass is 16.6. The second kappa shape index (κ2) is 21.5. The lowest BCUT2D eigenvalue weighted by Gasteiger charge is -2.05. The molecular formula is C35H40N10O8. The average molecular weight is 729 g/mol. The van der Waals surface area contributed by atoms with Crippen LogP contribution < -0.4 is 10.6 Å². The molecule has 0 aliphatic heterocycles. The van der Waals surface area contributed by atoms with Crippen LogP contribution in [0.4, 0.5) is 56.9 Å². The van der Waals surface area contributed by atoms with Gasteiger partial charge in [-0.25, -0.2) is 0 Å². The third kappa shape index (κ3) is 13.8. The molecule has 0 saturated heterocycles. The van der Waals surface area contributed by atoms with Gasteiger partial charge in [0, 0.05) is 36.6 Å². The van der Waals surface area contributed by atoms with Crippen molar-refractivity contribution in [2.75, 3.05) is 23.7 Å². The number of nitrogens with zero attached hydrogens (tertiary/aromatic N) is 8. The maximum Gasteiger partial charge on any atom is 0.348 e. The van der Waals surface area contributed by atoms with Crippen molar-refractivity contribution in [2.45, 2.75) is 58.8 Å². The van der Waals surface area contributed by atoms with E-state index in [9.17, 15) is 40.5 Å². The van der Waals surface area contributed by atoms with Gasteiger partial charge in [0.2, 0.25) is 0 Å². The monoisotopic (exact) mass is 728 g/mol. The van der Waals surface area contributed by atoms with Gasteiger partial charge in [0.05, 0.1) is 54.6 Å². The molecule has 4 aromatic carbocycles. The zero-order valence-corrected chi connectivity index (χ0v) is 29.3. The van der Waals surface area contributed by atoms with E-state index in [1.807, 2.05) is 24.3 Å². The first-order valence-corrected chi connectivity index (χ1v) is 16.9. The molecule has 0 fully saturated rings. The van der Waals surface area contributed by atoms with Gasteiger partial charge in [0.1, 0.15) is 0 Å². The number of rotatable bonds is 19. The summed E-state index contributed by atoms with van der Waals surface area (Å²) in [6.07, 6.45) is 8.23. The molecule has 0 unspecified atom stereocenters. The van der Waals surface area contributed by atoms with Crippen LogP contribution in [0.1, 0.15) is 58.8 Å². The molecular weight excluding hydrogens is 688 g/mol. The summed E-state index contributed by atoms with van der Waals surface area (Å²) in [6, 6.07) is 21.4. The Morgan fingerprint density at radius 2 is 0.755 bits per heavy atom. The van der Waals surface area contributed by atoms with Crippen molar-refractivity contribution in [1.82, 2.24) is 0 Å². The van der Waals surface area contributed by atoms with E-state index in [0.29, 0.717) is 11.4 Å². The summed E-state index contributed by atoms with van der Waals surface area (Å²) in [5, 5.41) is 66.0. The molecule has 0 aromatic heterocycles. The van der Waals surface area contributed by atoms with Gasteiger partial charge in [0.15, 0.2) is 0 Å². The fraction of sp³-hybridized carbons (Fsp3) is 0.314. The SMILES string of the molecule is CCCCCCNc1ccc(/N=N/c2ccc([N+](=O)[O-])c([N+](=O)[O-])c2)cc1.CCCCCNc1ccc(/N=N/c2ccc([N+](=O)[O-])c([N+](=O)[O-])c2)cc1. The highest BCUT2D eigenvalue weighted by Gasteiger charge is 2.25. The molecule has 18 nitrogen and oxygen atoms in total. The summed E-state index contributed by atoms with van der Waals surface area (Å²) in [5.41, 5.74) is 1.08. The number of nitro groups is 4. The van der Waals surface area contributed by atoms with Crippen LogP contribution in [0, 0.1) is 40.5 Å². The Balaban J connectivity index is 0.000000286. The summed E-state index contributed by atoms with van der Waals surface area (Å²) >= 11 is 0. The van der Waals surface area contributed by atoms with Crippen LogP contribution >= 0.6 is 0 Å². The Morgan fingerprint density at radius 3 is 1.11 bits per heavy atom. The van der Waals surface area contributed by atoms with E-state index in [2.05, 4.69) is 44.9 Å². The van der Waals surface area contributed by atoms with Gasteiger partial charge in [-0.15, -0.1) is 0 Å².